The van der Waals surface area contributed by atoms with Gasteiger partial charge in [-0.15, -0.1) is 0 Å². The molecule has 2 atom stereocenters. The standard InChI is InChI=1S/C11H18O4/c12-11-9(5-8-15-11)4-7-14-10-3-1-2-6-13-10/h9-10H,1-8H2/t9-,10+/m0/s1. The highest BCUT2D eigenvalue weighted by molar-refractivity contribution is 5.74. The Kier molecular flexibility index (Phi) is 3.97. The lowest BCUT2D eigenvalue weighted by Gasteiger charge is -2.22. The van der Waals surface area contributed by atoms with Gasteiger partial charge in [0.1, 0.15) is 0 Å². The molecule has 0 saturated carbocycles. The van der Waals surface area contributed by atoms with Gasteiger partial charge < -0.3 is 14.2 Å². The SMILES string of the molecule is O=C1OCC[C@@H]1CCO[C@@H]1CCCCO1. The van der Waals surface area contributed by atoms with Gasteiger partial charge in [0, 0.05) is 6.61 Å². The number of carbonyl (C=O) groups is 1. The van der Waals surface area contributed by atoms with E-state index in [-0.39, 0.29) is 18.2 Å². The molecule has 2 fully saturated rings. The van der Waals surface area contributed by atoms with E-state index >= 15 is 0 Å². The zero-order valence-electron chi connectivity index (χ0n) is 8.94. The second-order valence-electron chi connectivity index (χ2n) is 4.11. The molecule has 0 N–H and O–H groups in total. The Morgan fingerprint density at radius 1 is 1.27 bits per heavy atom. The van der Waals surface area contributed by atoms with Crippen LogP contribution in [0.25, 0.3) is 0 Å². The second kappa shape index (κ2) is 5.47. The minimum absolute atomic E-state index is 0.0452. The van der Waals surface area contributed by atoms with E-state index in [1.165, 1.54) is 6.42 Å². The maximum atomic E-state index is 11.1. The van der Waals surface area contributed by atoms with Gasteiger partial charge in [-0.3, -0.25) is 4.79 Å². The molecule has 4 nitrogen and oxygen atoms in total. The highest BCUT2D eigenvalue weighted by atomic mass is 16.7. The Hall–Kier alpha value is -0.610. The minimum Gasteiger partial charge on any atom is -0.465 e. The molecule has 0 aromatic heterocycles. The Labute approximate surface area is 89.9 Å². The molecule has 0 amide bonds. The fourth-order valence-electron chi connectivity index (χ4n) is 1.98. The largest absolute Gasteiger partial charge is 0.465 e. The molecule has 0 unspecified atom stereocenters. The number of hydrogen-bond acceptors (Lipinski definition) is 4. The Bertz CT molecular complexity index is 211. The summed E-state index contributed by atoms with van der Waals surface area (Å²) in [6, 6.07) is 0. The summed E-state index contributed by atoms with van der Waals surface area (Å²) in [7, 11) is 0. The summed E-state index contributed by atoms with van der Waals surface area (Å²) in [5.41, 5.74) is 0. The average molecular weight is 214 g/mol. The van der Waals surface area contributed by atoms with Crippen LogP contribution in [0.3, 0.4) is 0 Å². The Morgan fingerprint density at radius 3 is 2.87 bits per heavy atom. The molecule has 4 heteroatoms. The fourth-order valence-corrected chi connectivity index (χ4v) is 1.98. The summed E-state index contributed by atoms with van der Waals surface area (Å²) in [6.45, 7) is 1.98. The van der Waals surface area contributed by atoms with E-state index in [0.29, 0.717) is 13.2 Å². The number of cyclic esters (lactones) is 1. The highest BCUT2D eigenvalue weighted by Crippen LogP contribution is 2.19. The summed E-state index contributed by atoms with van der Waals surface area (Å²) in [5.74, 6) is -0.0169. The second-order valence-corrected chi connectivity index (χ2v) is 4.11. The quantitative estimate of drug-likeness (QED) is 0.665. The van der Waals surface area contributed by atoms with E-state index in [1.54, 1.807) is 0 Å². The van der Waals surface area contributed by atoms with Crippen LogP contribution in [0, 0.1) is 5.92 Å². The normalized spacial score (nSPS) is 31.6. The molecule has 86 valence electrons. The van der Waals surface area contributed by atoms with Crippen molar-refractivity contribution in [1.29, 1.82) is 0 Å². The van der Waals surface area contributed by atoms with Crippen LogP contribution in [0.2, 0.25) is 0 Å². The van der Waals surface area contributed by atoms with Gasteiger partial charge >= 0.3 is 5.97 Å². The predicted molar refractivity (Wildman–Crippen MR) is 53.2 cm³/mol. The molecule has 0 spiro atoms. The summed E-state index contributed by atoms with van der Waals surface area (Å²) in [6.07, 6.45) is 4.85. The summed E-state index contributed by atoms with van der Waals surface area (Å²) in [4.78, 5) is 11.1. The lowest BCUT2D eigenvalue weighted by Crippen LogP contribution is -2.23. The molecular formula is C11H18O4. The van der Waals surface area contributed by atoms with Crippen molar-refractivity contribution in [3.8, 4) is 0 Å². The molecule has 15 heavy (non-hydrogen) atoms. The monoisotopic (exact) mass is 214 g/mol. The summed E-state index contributed by atoms with van der Waals surface area (Å²) < 4.78 is 15.9. The first-order chi connectivity index (χ1) is 7.36. The molecule has 2 aliphatic rings. The summed E-state index contributed by atoms with van der Waals surface area (Å²) in [5, 5.41) is 0. The smallest absolute Gasteiger partial charge is 0.309 e. The molecule has 2 aliphatic heterocycles. The van der Waals surface area contributed by atoms with Crippen LogP contribution in [-0.4, -0.2) is 32.1 Å². The van der Waals surface area contributed by atoms with E-state index in [1.807, 2.05) is 0 Å². The van der Waals surface area contributed by atoms with Crippen LogP contribution in [0.15, 0.2) is 0 Å². The molecule has 2 heterocycles. The molecule has 0 aromatic carbocycles. The van der Waals surface area contributed by atoms with Crippen LogP contribution in [-0.2, 0) is 19.0 Å². The van der Waals surface area contributed by atoms with Gasteiger partial charge in [0.25, 0.3) is 0 Å². The molecule has 2 saturated heterocycles. The zero-order valence-corrected chi connectivity index (χ0v) is 8.94. The molecule has 0 radical (unpaired) electrons. The number of esters is 1. The van der Waals surface area contributed by atoms with Gasteiger partial charge in [-0.1, -0.05) is 0 Å². The molecule has 0 bridgehead atoms. The van der Waals surface area contributed by atoms with Crippen LogP contribution < -0.4 is 0 Å². The third kappa shape index (κ3) is 3.18. The lowest BCUT2D eigenvalue weighted by atomic mass is 10.1. The number of rotatable bonds is 4. The van der Waals surface area contributed by atoms with Crippen LogP contribution >= 0.6 is 0 Å². The van der Waals surface area contributed by atoms with Crippen LogP contribution in [0.1, 0.15) is 32.1 Å². The van der Waals surface area contributed by atoms with Crippen molar-refractivity contribution >= 4 is 5.97 Å². The molecule has 0 aromatic rings. The molecule has 0 aliphatic carbocycles. The topological polar surface area (TPSA) is 44.8 Å². The van der Waals surface area contributed by atoms with Gasteiger partial charge in [-0.05, 0) is 32.1 Å². The maximum absolute atomic E-state index is 11.1. The van der Waals surface area contributed by atoms with Crippen LogP contribution in [0.4, 0.5) is 0 Å². The lowest BCUT2D eigenvalue weighted by molar-refractivity contribution is -0.165. The zero-order chi connectivity index (χ0) is 10.5. The molecule has 2 rings (SSSR count). The van der Waals surface area contributed by atoms with Gasteiger partial charge in [0.15, 0.2) is 6.29 Å². The van der Waals surface area contributed by atoms with Gasteiger partial charge in [0.05, 0.1) is 19.1 Å². The van der Waals surface area contributed by atoms with E-state index < -0.39 is 0 Å². The Balaban J connectivity index is 1.59. The van der Waals surface area contributed by atoms with E-state index in [0.717, 1.165) is 32.3 Å². The fraction of sp³-hybridized carbons (Fsp3) is 0.909. The van der Waals surface area contributed by atoms with Crippen molar-refractivity contribution in [2.75, 3.05) is 19.8 Å². The van der Waals surface area contributed by atoms with Gasteiger partial charge in [0.2, 0.25) is 0 Å². The molecular weight excluding hydrogens is 196 g/mol. The third-order valence-corrected chi connectivity index (χ3v) is 2.95. The van der Waals surface area contributed by atoms with Crippen molar-refractivity contribution in [3.05, 3.63) is 0 Å². The van der Waals surface area contributed by atoms with E-state index in [9.17, 15) is 4.79 Å². The highest BCUT2D eigenvalue weighted by Gasteiger charge is 2.26. The van der Waals surface area contributed by atoms with Gasteiger partial charge in [-0.2, -0.15) is 0 Å². The third-order valence-electron chi connectivity index (χ3n) is 2.95. The van der Waals surface area contributed by atoms with Crippen LogP contribution in [0.5, 0.6) is 0 Å². The van der Waals surface area contributed by atoms with Gasteiger partial charge in [-0.25, -0.2) is 0 Å². The van der Waals surface area contributed by atoms with E-state index in [2.05, 4.69) is 0 Å². The van der Waals surface area contributed by atoms with Crippen molar-refractivity contribution in [1.82, 2.24) is 0 Å². The average Bonchev–Trinajstić information content (AvgIpc) is 2.66. The first-order valence-electron chi connectivity index (χ1n) is 5.76. The first kappa shape index (κ1) is 10.9. The number of hydrogen-bond donors (Lipinski definition) is 0. The van der Waals surface area contributed by atoms with Crippen molar-refractivity contribution in [2.24, 2.45) is 5.92 Å². The van der Waals surface area contributed by atoms with Crippen molar-refractivity contribution in [2.45, 2.75) is 38.4 Å². The van der Waals surface area contributed by atoms with Crippen molar-refractivity contribution in [3.63, 3.8) is 0 Å². The Morgan fingerprint density at radius 2 is 2.20 bits per heavy atom. The first-order valence-corrected chi connectivity index (χ1v) is 5.76. The predicted octanol–water partition coefficient (Wildman–Crippen LogP) is 1.48. The maximum Gasteiger partial charge on any atom is 0.309 e. The van der Waals surface area contributed by atoms with E-state index in [4.69, 9.17) is 14.2 Å². The summed E-state index contributed by atoms with van der Waals surface area (Å²) >= 11 is 0. The number of carbonyl (C=O) groups excluding carboxylic acids is 1. The van der Waals surface area contributed by atoms with Crippen molar-refractivity contribution < 1.29 is 19.0 Å². The number of ether oxygens (including phenoxy) is 3. The minimum atomic E-state index is -0.0665.